The topological polar surface area (TPSA) is 52.4 Å². The fraction of sp³-hybridized carbons (Fsp3) is 0.882. The number of rotatable bonds is 5. The Labute approximate surface area is 138 Å². The molecule has 3 aliphatic rings. The fourth-order valence-electron chi connectivity index (χ4n) is 4.33. The van der Waals surface area contributed by atoms with E-state index >= 15 is 0 Å². The molecule has 1 saturated heterocycles. The van der Waals surface area contributed by atoms with E-state index in [0.717, 1.165) is 32.1 Å². The van der Waals surface area contributed by atoms with Gasteiger partial charge in [0.1, 0.15) is 11.6 Å². The van der Waals surface area contributed by atoms with Crippen LogP contribution in [0.5, 0.6) is 0 Å². The van der Waals surface area contributed by atoms with Crippen LogP contribution in [0, 0.1) is 5.92 Å². The second-order valence-electron chi connectivity index (χ2n) is 7.29. The molecule has 6 heteroatoms. The highest BCUT2D eigenvalue weighted by molar-refractivity contribution is 5.08. The van der Waals surface area contributed by atoms with Crippen molar-refractivity contribution in [2.24, 2.45) is 13.0 Å². The lowest BCUT2D eigenvalue weighted by atomic mass is 9.94. The molecule has 2 heterocycles. The number of hydrogen-bond acceptors (Lipinski definition) is 5. The molecule has 1 aromatic rings. The van der Waals surface area contributed by atoms with Crippen LogP contribution in [0.4, 0.5) is 0 Å². The highest BCUT2D eigenvalue weighted by Crippen LogP contribution is 2.39. The number of aromatic nitrogens is 3. The smallest absolute Gasteiger partial charge is 0.146 e. The summed E-state index contributed by atoms with van der Waals surface area (Å²) in [7, 11) is 3.97. The molecule has 0 aromatic carbocycles. The van der Waals surface area contributed by atoms with Gasteiger partial charge in [-0.05, 0) is 25.7 Å². The molecular weight excluding hydrogens is 292 g/mol. The molecule has 3 fully saturated rings. The van der Waals surface area contributed by atoms with E-state index in [9.17, 15) is 0 Å². The lowest BCUT2D eigenvalue weighted by Gasteiger charge is -2.40. The number of ether oxygens (including phenoxy) is 2. The van der Waals surface area contributed by atoms with Crippen molar-refractivity contribution in [3.8, 4) is 0 Å². The minimum atomic E-state index is 0.380. The summed E-state index contributed by atoms with van der Waals surface area (Å²) in [6.45, 7) is 3.48. The molecule has 3 unspecified atom stereocenters. The van der Waals surface area contributed by atoms with Gasteiger partial charge in [-0.25, -0.2) is 0 Å². The van der Waals surface area contributed by atoms with Gasteiger partial charge in [-0.15, -0.1) is 10.2 Å². The van der Waals surface area contributed by atoms with Crippen LogP contribution in [-0.2, 0) is 23.1 Å². The van der Waals surface area contributed by atoms with Gasteiger partial charge in [0, 0.05) is 38.6 Å². The van der Waals surface area contributed by atoms with Crippen molar-refractivity contribution in [1.82, 2.24) is 19.7 Å². The maximum absolute atomic E-state index is 5.80. The van der Waals surface area contributed by atoms with Crippen molar-refractivity contribution >= 4 is 0 Å². The first-order valence-corrected chi connectivity index (χ1v) is 9.00. The summed E-state index contributed by atoms with van der Waals surface area (Å²) in [5.74, 6) is 3.48. The van der Waals surface area contributed by atoms with Crippen molar-refractivity contribution in [1.29, 1.82) is 0 Å². The van der Waals surface area contributed by atoms with E-state index in [0.29, 0.717) is 24.0 Å². The van der Waals surface area contributed by atoms with E-state index in [2.05, 4.69) is 26.7 Å². The predicted octanol–water partition coefficient (Wildman–Crippen LogP) is 1.71. The molecule has 128 valence electrons. The summed E-state index contributed by atoms with van der Waals surface area (Å²) >= 11 is 0. The SMILES string of the molecule is COC1CCCC1C1COCCN1Cc1nnc(C2CC2)n1C. The van der Waals surface area contributed by atoms with Gasteiger partial charge in [0.15, 0.2) is 0 Å². The first kappa shape index (κ1) is 15.5. The maximum Gasteiger partial charge on any atom is 0.146 e. The van der Waals surface area contributed by atoms with Crippen LogP contribution in [0.1, 0.15) is 49.7 Å². The Kier molecular flexibility index (Phi) is 4.39. The molecule has 0 radical (unpaired) electrons. The zero-order valence-corrected chi connectivity index (χ0v) is 14.3. The van der Waals surface area contributed by atoms with Crippen LogP contribution >= 0.6 is 0 Å². The van der Waals surface area contributed by atoms with Gasteiger partial charge in [0.05, 0.1) is 25.9 Å². The zero-order chi connectivity index (χ0) is 15.8. The van der Waals surface area contributed by atoms with Gasteiger partial charge in [0.25, 0.3) is 0 Å². The highest BCUT2D eigenvalue weighted by Gasteiger charge is 2.39. The van der Waals surface area contributed by atoms with Crippen molar-refractivity contribution in [2.75, 3.05) is 26.9 Å². The van der Waals surface area contributed by atoms with Gasteiger partial charge in [-0.2, -0.15) is 0 Å². The second kappa shape index (κ2) is 6.49. The van der Waals surface area contributed by atoms with Gasteiger partial charge < -0.3 is 14.0 Å². The molecule has 0 bridgehead atoms. The highest BCUT2D eigenvalue weighted by atomic mass is 16.5. The largest absolute Gasteiger partial charge is 0.381 e. The third kappa shape index (κ3) is 3.04. The number of nitrogens with zero attached hydrogens (tertiary/aromatic N) is 4. The standard InChI is InChI=1S/C17H28N4O2/c1-20-16(18-19-17(20)12-6-7-12)10-21-8-9-23-11-14(21)13-4-3-5-15(13)22-2/h12-15H,3-11H2,1-2H3. The van der Waals surface area contributed by atoms with Crippen molar-refractivity contribution in [3.63, 3.8) is 0 Å². The second-order valence-corrected chi connectivity index (χ2v) is 7.29. The van der Waals surface area contributed by atoms with Crippen LogP contribution in [-0.4, -0.2) is 58.7 Å². The van der Waals surface area contributed by atoms with Crippen LogP contribution < -0.4 is 0 Å². The molecule has 2 saturated carbocycles. The lowest BCUT2D eigenvalue weighted by molar-refractivity contribution is -0.0618. The molecule has 23 heavy (non-hydrogen) atoms. The fourth-order valence-corrected chi connectivity index (χ4v) is 4.33. The first-order chi connectivity index (χ1) is 11.3. The van der Waals surface area contributed by atoms with Gasteiger partial charge in [-0.3, -0.25) is 4.90 Å². The lowest BCUT2D eigenvalue weighted by Crippen LogP contribution is -2.51. The summed E-state index contributed by atoms with van der Waals surface area (Å²) in [5, 5.41) is 8.90. The average Bonchev–Trinajstić information content (AvgIpc) is 3.19. The van der Waals surface area contributed by atoms with Crippen LogP contribution in [0.2, 0.25) is 0 Å². The summed E-state index contributed by atoms with van der Waals surface area (Å²) in [6, 6.07) is 0.442. The maximum atomic E-state index is 5.80. The third-order valence-corrected chi connectivity index (χ3v) is 5.87. The Bertz CT molecular complexity index is 543. The van der Waals surface area contributed by atoms with E-state index in [1.165, 1.54) is 37.9 Å². The molecule has 0 N–H and O–H groups in total. The van der Waals surface area contributed by atoms with E-state index in [1.54, 1.807) is 0 Å². The molecule has 1 aromatic heterocycles. The van der Waals surface area contributed by atoms with Crippen LogP contribution in [0.15, 0.2) is 0 Å². The summed E-state index contributed by atoms with van der Waals surface area (Å²) in [4.78, 5) is 2.55. The van der Waals surface area contributed by atoms with E-state index in [-0.39, 0.29) is 0 Å². The molecule has 2 aliphatic carbocycles. The Morgan fingerprint density at radius 1 is 1.22 bits per heavy atom. The van der Waals surface area contributed by atoms with Crippen molar-refractivity contribution in [3.05, 3.63) is 11.6 Å². The Hall–Kier alpha value is -0.980. The molecule has 4 rings (SSSR count). The molecule has 3 atom stereocenters. The minimum Gasteiger partial charge on any atom is -0.381 e. The summed E-state index contributed by atoms with van der Waals surface area (Å²) < 4.78 is 13.7. The Morgan fingerprint density at radius 3 is 2.87 bits per heavy atom. The molecule has 0 amide bonds. The van der Waals surface area contributed by atoms with Gasteiger partial charge in [-0.1, -0.05) is 6.42 Å². The summed E-state index contributed by atoms with van der Waals surface area (Å²) in [5.41, 5.74) is 0. The Morgan fingerprint density at radius 2 is 2.09 bits per heavy atom. The average molecular weight is 320 g/mol. The zero-order valence-electron chi connectivity index (χ0n) is 14.3. The molecule has 1 aliphatic heterocycles. The Balaban J connectivity index is 1.49. The van der Waals surface area contributed by atoms with Gasteiger partial charge >= 0.3 is 0 Å². The van der Waals surface area contributed by atoms with Crippen LogP contribution in [0.25, 0.3) is 0 Å². The van der Waals surface area contributed by atoms with Crippen LogP contribution in [0.3, 0.4) is 0 Å². The van der Waals surface area contributed by atoms with Crippen molar-refractivity contribution < 1.29 is 9.47 Å². The summed E-state index contributed by atoms with van der Waals surface area (Å²) in [6.07, 6.45) is 6.61. The van der Waals surface area contributed by atoms with Gasteiger partial charge in [0.2, 0.25) is 0 Å². The van der Waals surface area contributed by atoms with E-state index in [4.69, 9.17) is 9.47 Å². The number of methoxy groups -OCH3 is 1. The van der Waals surface area contributed by atoms with Crippen molar-refractivity contribution in [2.45, 2.75) is 56.7 Å². The van der Waals surface area contributed by atoms with E-state index < -0.39 is 0 Å². The quantitative estimate of drug-likeness (QED) is 0.827. The molecule has 0 spiro atoms. The normalized spacial score (nSPS) is 32.5. The molecular formula is C17H28N4O2. The monoisotopic (exact) mass is 320 g/mol. The minimum absolute atomic E-state index is 0.380. The van der Waals surface area contributed by atoms with E-state index in [1.807, 2.05) is 7.11 Å². The molecule has 6 nitrogen and oxygen atoms in total. The first-order valence-electron chi connectivity index (χ1n) is 9.00. The number of hydrogen-bond donors (Lipinski definition) is 0. The third-order valence-electron chi connectivity index (χ3n) is 5.87. The number of morpholine rings is 1. The predicted molar refractivity (Wildman–Crippen MR) is 86.1 cm³/mol.